The molecule has 7 nitrogen and oxygen atoms in total. The monoisotopic (exact) mass is 374 g/mol. The first-order chi connectivity index (χ1) is 13.6. The first-order valence-electron chi connectivity index (χ1n) is 8.97. The Labute approximate surface area is 160 Å². The maximum absolute atomic E-state index is 12.2. The Morgan fingerprint density at radius 2 is 1.71 bits per heavy atom. The number of hydrogen-bond acceptors (Lipinski definition) is 4. The molecule has 4 rings (SSSR count). The summed E-state index contributed by atoms with van der Waals surface area (Å²) in [5, 5.41) is 13.3. The van der Waals surface area contributed by atoms with Crippen molar-refractivity contribution in [3.05, 3.63) is 77.1 Å². The van der Waals surface area contributed by atoms with Gasteiger partial charge in [-0.05, 0) is 24.6 Å². The lowest BCUT2D eigenvalue weighted by molar-refractivity contribution is -0.137. The summed E-state index contributed by atoms with van der Waals surface area (Å²) in [4.78, 5) is 27.7. The molecule has 0 fully saturated rings. The van der Waals surface area contributed by atoms with E-state index in [-0.39, 0.29) is 18.5 Å². The van der Waals surface area contributed by atoms with Crippen LogP contribution >= 0.6 is 0 Å². The second kappa shape index (κ2) is 7.48. The maximum atomic E-state index is 12.2. The minimum atomic E-state index is -0.892. The van der Waals surface area contributed by atoms with Gasteiger partial charge < -0.3 is 5.11 Å². The molecule has 4 aromatic rings. The van der Waals surface area contributed by atoms with Crippen molar-refractivity contribution in [2.75, 3.05) is 0 Å². The number of aliphatic carboxylic acids is 1. The third-order valence-electron chi connectivity index (χ3n) is 4.43. The lowest BCUT2D eigenvalue weighted by Gasteiger charge is -2.11. The van der Waals surface area contributed by atoms with Crippen LogP contribution in [0.15, 0.2) is 71.5 Å². The van der Waals surface area contributed by atoms with Crippen LogP contribution in [0.4, 0.5) is 0 Å². The molecular weight excluding hydrogens is 356 g/mol. The molecule has 0 atom stereocenters. The number of nitrogens with zero attached hydrogens (tertiary/aromatic N) is 4. The molecule has 0 saturated carbocycles. The van der Waals surface area contributed by atoms with Crippen LogP contribution in [0.1, 0.15) is 12.8 Å². The SMILES string of the molecule is O=C(O)CCCn1nc(-n2c(-c3ccccc3)nc3ccccc32)ccc1=O. The Morgan fingerprint density at radius 1 is 0.964 bits per heavy atom. The molecule has 0 aliphatic rings. The van der Waals surface area contributed by atoms with Gasteiger partial charge in [0.25, 0.3) is 5.56 Å². The minimum Gasteiger partial charge on any atom is -0.481 e. The maximum Gasteiger partial charge on any atom is 0.303 e. The third-order valence-corrected chi connectivity index (χ3v) is 4.43. The van der Waals surface area contributed by atoms with Gasteiger partial charge in [0.2, 0.25) is 0 Å². The van der Waals surface area contributed by atoms with Crippen molar-refractivity contribution in [3.63, 3.8) is 0 Å². The van der Waals surface area contributed by atoms with Crippen molar-refractivity contribution >= 4 is 17.0 Å². The van der Waals surface area contributed by atoms with E-state index in [2.05, 4.69) is 5.10 Å². The van der Waals surface area contributed by atoms with E-state index in [1.807, 2.05) is 59.2 Å². The summed E-state index contributed by atoms with van der Waals surface area (Å²) in [6, 6.07) is 20.6. The van der Waals surface area contributed by atoms with Gasteiger partial charge in [0, 0.05) is 24.6 Å². The third kappa shape index (κ3) is 3.42. The van der Waals surface area contributed by atoms with Crippen LogP contribution in [0.3, 0.4) is 0 Å². The molecule has 7 heteroatoms. The van der Waals surface area contributed by atoms with Crippen LogP contribution < -0.4 is 5.56 Å². The van der Waals surface area contributed by atoms with E-state index in [1.165, 1.54) is 10.7 Å². The number of aryl methyl sites for hydroxylation is 1. The molecule has 0 spiro atoms. The van der Waals surface area contributed by atoms with Crippen LogP contribution in [0.25, 0.3) is 28.2 Å². The minimum absolute atomic E-state index is 0.0123. The van der Waals surface area contributed by atoms with Crippen molar-refractivity contribution in [3.8, 4) is 17.2 Å². The number of carbonyl (C=O) groups is 1. The van der Waals surface area contributed by atoms with E-state index in [1.54, 1.807) is 6.07 Å². The Hall–Kier alpha value is -3.74. The predicted molar refractivity (Wildman–Crippen MR) is 105 cm³/mol. The standard InChI is InChI=1S/C21H18N4O3/c26-19-13-12-18(23-24(19)14-6-11-20(27)28)25-17-10-5-4-9-16(17)22-21(25)15-7-2-1-3-8-15/h1-5,7-10,12-13H,6,11,14H2,(H,27,28). The summed E-state index contributed by atoms with van der Waals surface area (Å²) in [6.07, 6.45) is 0.323. The van der Waals surface area contributed by atoms with Crippen molar-refractivity contribution in [2.24, 2.45) is 0 Å². The summed E-state index contributed by atoms with van der Waals surface area (Å²) < 4.78 is 3.22. The topological polar surface area (TPSA) is 90.0 Å². The van der Waals surface area contributed by atoms with E-state index in [4.69, 9.17) is 10.1 Å². The van der Waals surface area contributed by atoms with Crippen molar-refractivity contribution < 1.29 is 9.90 Å². The Kier molecular flexibility index (Phi) is 4.72. The van der Waals surface area contributed by atoms with Crippen LogP contribution in [-0.4, -0.2) is 30.4 Å². The largest absolute Gasteiger partial charge is 0.481 e. The van der Waals surface area contributed by atoms with Gasteiger partial charge >= 0.3 is 5.97 Å². The van der Waals surface area contributed by atoms with Gasteiger partial charge in [0.15, 0.2) is 5.82 Å². The number of benzene rings is 2. The lowest BCUT2D eigenvalue weighted by atomic mass is 10.2. The molecule has 0 amide bonds. The summed E-state index contributed by atoms with van der Waals surface area (Å²) >= 11 is 0. The summed E-state index contributed by atoms with van der Waals surface area (Å²) in [6.45, 7) is 0.242. The molecule has 0 saturated heterocycles. The van der Waals surface area contributed by atoms with E-state index < -0.39 is 5.97 Å². The summed E-state index contributed by atoms with van der Waals surface area (Å²) in [5.74, 6) is 0.392. The van der Waals surface area contributed by atoms with Gasteiger partial charge in [-0.15, -0.1) is 0 Å². The zero-order valence-electron chi connectivity index (χ0n) is 15.0. The highest BCUT2D eigenvalue weighted by Crippen LogP contribution is 2.27. The van der Waals surface area contributed by atoms with Gasteiger partial charge in [-0.3, -0.25) is 14.2 Å². The van der Waals surface area contributed by atoms with Crippen LogP contribution in [0.2, 0.25) is 0 Å². The van der Waals surface area contributed by atoms with Crippen LogP contribution in [0.5, 0.6) is 0 Å². The summed E-state index contributed by atoms with van der Waals surface area (Å²) in [7, 11) is 0. The smallest absolute Gasteiger partial charge is 0.303 e. The van der Waals surface area contributed by atoms with Gasteiger partial charge in [0.1, 0.15) is 5.82 Å². The first kappa shape index (κ1) is 17.7. The van der Waals surface area contributed by atoms with Gasteiger partial charge in [-0.1, -0.05) is 42.5 Å². The number of carboxylic acid groups (broad SMARTS) is 1. The van der Waals surface area contributed by atoms with Gasteiger partial charge in [-0.25, -0.2) is 9.67 Å². The second-order valence-electron chi connectivity index (χ2n) is 6.38. The molecule has 0 aliphatic heterocycles. The normalized spacial score (nSPS) is 11.0. The number of fused-ring (bicyclic) bond motifs is 1. The Morgan fingerprint density at radius 3 is 2.50 bits per heavy atom. The molecule has 1 N–H and O–H groups in total. The number of aromatic nitrogens is 4. The van der Waals surface area contributed by atoms with E-state index in [0.29, 0.717) is 12.2 Å². The molecular formula is C21H18N4O3. The number of imidazole rings is 1. The summed E-state index contributed by atoms with van der Waals surface area (Å²) in [5.41, 5.74) is 2.38. The quantitative estimate of drug-likeness (QED) is 0.560. The molecule has 2 heterocycles. The fourth-order valence-corrected chi connectivity index (χ4v) is 3.14. The highest BCUT2D eigenvalue weighted by molar-refractivity contribution is 5.82. The van der Waals surface area contributed by atoms with Gasteiger partial charge in [-0.2, -0.15) is 5.10 Å². The Balaban J connectivity index is 1.85. The average molecular weight is 374 g/mol. The van der Waals surface area contributed by atoms with Gasteiger partial charge in [0.05, 0.1) is 11.0 Å². The highest BCUT2D eigenvalue weighted by Gasteiger charge is 2.15. The van der Waals surface area contributed by atoms with Crippen LogP contribution in [-0.2, 0) is 11.3 Å². The molecule has 0 unspecified atom stereocenters. The molecule has 0 radical (unpaired) electrons. The Bertz CT molecular complexity index is 1200. The van der Waals surface area contributed by atoms with Crippen molar-refractivity contribution in [2.45, 2.75) is 19.4 Å². The van der Waals surface area contributed by atoms with Crippen molar-refractivity contribution in [1.29, 1.82) is 0 Å². The first-order valence-corrected chi connectivity index (χ1v) is 8.97. The van der Waals surface area contributed by atoms with Crippen molar-refractivity contribution in [1.82, 2.24) is 19.3 Å². The van der Waals surface area contributed by atoms with Crippen LogP contribution in [0, 0.1) is 0 Å². The average Bonchev–Trinajstić information content (AvgIpc) is 3.09. The molecule has 0 bridgehead atoms. The lowest BCUT2D eigenvalue weighted by Crippen LogP contribution is -2.24. The molecule has 140 valence electrons. The molecule has 2 aromatic heterocycles. The zero-order valence-corrected chi connectivity index (χ0v) is 15.0. The number of carboxylic acids is 1. The fraction of sp³-hybridized carbons (Fsp3) is 0.143. The second-order valence-corrected chi connectivity index (χ2v) is 6.38. The number of para-hydroxylation sites is 2. The molecule has 28 heavy (non-hydrogen) atoms. The fourth-order valence-electron chi connectivity index (χ4n) is 3.14. The highest BCUT2D eigenvalue weighted by atomic mass is 16.4. The number of hydrogen-bond donors (Lipinski definition) is 1. The van der Waals surface area contributed by atoms with E-state index >= 15 is 0 Å². The molecule has 0 aliphatic carbocycles. The predicted octanol–water partition coefficient (Wildman–Crippen LogP) is 3.11. The van der Waals surface area contributed by atoms with E-state index in [0.717, 1.165) is 22.4 Å². The number of rotatable bonds is 6. The zero-order chi connectivity index (χ0) is 19.5. The molecule has 2 aromatic carbocycles. The van der Waals surface area contributed by atoms with E-state index in [9.17, 15) is 9.59 Å².